The van der Waals surface area contributed by atoms with E-state index in [1.54, 1.807) is 0 Å². The second-order valence-electron chi connectivity index (χ2n) is 3.69. The average Bonchev–Trinajstić information content (AvgIpc) is 2.17. The van der Waals surface area contributed by atoms with Crippen LogP contribution in [0.2, 0.25) is 0 Å². The van der Waals surface area contributed by atoms with E-state index in [-0.39, 0.29) is 31.2 Å². The first kappa shape index (κ1) is 18.4. The lowest BCUT2D eigenvalue weighted by Crippen LogP contribution is -2.15. The normalized spacial score (nSPS) is 10.8. The number of halogens is 2. The van der Waals surface area contributed by atoms with Gasteiger partial charge in [-0.2, -0.15) is 0 Å². The quantitative estimate of drug-likeness (QED) is 0.886. The maximum Gasteiger partial charge on any atom is 0.305 e. The van der Waals surface area contributed by atoms with E-state index in [1.165, 1.54) is 0 Å². The van der Waals surface area contributed by atoms with Gasteiger partial charge in [-0.15, -0.1) is 24.8 Å². The van der Waals surface area contributed by atoms with Gasteiger partial charge in [0.25, 0.3) is 0 Å². The number of rotatable bonds is 4. The molecule has 0 saturated carbocycles. The van der Waals surface area contributed by atoms with Crippen LogP contribution in [0.5, 0.6) is 0 Å². The van der Waals surface area contributed by atoms with Gasteiger partial charge in [-0.1, -0.05) is 12.1 Å². The number of nitrogens with zero attached hydrogens (tertiary/aromatic N) is 1. The van der Waals surface area contributed by atoms with Crippen LogP contribution in [0.15, 0.2) is 24.3 Å². The Morgan fingerprint density at radius 2 is 1.76 bits per heavy atom. The molecule has 1 atom stereocenters. The van der Waals surface area contributed by atoms with Gasteiger partial charge in [0.05, 0.1) is 6.42 Å². The van der Waals surface area contributed by atoms with E-state index in [1.807, 2.05) is 43.3 Å². The van der Waals surface area contributed by atoms with Crippen LogP contribution in [-0.4, -0.2) is 25.2 Å². The molecule has 0 aliphatic rings. The zero-order chi connectivity index (χ0) is 11.4. The van der Waals surface area contributed by atoms with Gasteiger partial charge in [0.15, 0.2) is 0 Å². The Labute approximate surface area is 114 Å². The molecular formula is C11H18Cl2N2O2. The third-order valence-electron chi connectivity index (χ3n) is 2.23. The fraction of sp³-hybridized carbons (Fsp3) is 0.364. The van der Waals surface area contributed by atoms with E-state index >= 15 is 0 Å². The maximum atomic E-state index is 10.5. The highest BCUT2D eigenvalue weighted by Gasteiger charge is 2.10. The fourth-order valence-corrected chi connectivity index (χ4v) is 1.33. The molecule has 0 bridgehead atoms. The molecule has 0 aliphatic heterocycles. The predicted molar refractivity (Wildman–Crippen MR) is 74.4 cm³/mol. The lowest BCUT2D eigenvalue weighted by atomic mass is 10.0. The molecular weight excluding hydrogens is 263 g/mol. The molecule has 0 radical (unpaired) electrons. The maximum absolute atomic E-state index is 10.5. The molecule has 0 saturated heterocycles. The van der Waals surface area contributed by atoms with Crippen LogP contribution in [0.25, 0.3) is 0 Å². The number of aliphatic carboxylic acids is 1. The van der Waals surface area contributed by atoms with Gasteiger partial charge in [0.2, 0.25) is 0 Å². The van der Waals surface area contributed by atoms with E-state index < -0.39 is 12.0 Å². The number of nitrogens with two attached hydrogens (primary N) is 1. The van der Waals surface area contributed by atoms with Crippen LogP contribution in [0.4, 0.5) is 5.69 Å². The van der Waals surface area contributed by atoms with Crippen molar-refractivity contribution >= 4 is 36.5 Å². The van der Waals surface area contributed by atoms with Gasteiger partial charge in [-0.05, 0) is 17.7 Å². The van der Waals surface area contributed by atoms with Crippen LogP contribution < -0.4 is 10.6 Å². The Kier molecular flexibility index (Phi) is 8.84. The molecule has 0 spiro atoms. The van der Waals surface area contributed by atoms with Crippen molar-refractivity contribution in [1.29, 1.82) is 0 Å². The van der Waals surface area contributed by atoms with Gasteiger partial charge < -0.3 is 15.7 Å². The summed E-state index contributed by atoms with van der Waals surface area (Å²) < 4.78 is 0. The molecule has 0 aromatic heterocycles. The number of carboxylic acids is 1. The first-order valence-electron chi connectivity index (χ1n) is 4.75. The predicted octanol–water partition coefficient (Wildman–Crippen LogP) is 2.07. The zero-order valence-corrected chi connectivity index (χ0v) is 11.4. The lowest BCUT2D eigenvalue weighted by Gasteiger charge is -2.14. The number of carbonyl (C=O) groups is 1. The van der Waals surface area contributed by atoms with Crippen molar-refractivity contribution in [3.8, 4) is 0 Å². The standard InChI is InChI=1S/C11H16N2O2.2ClH/c1-13(2)9-5-3-8(4-6-9)10(12)7-11(14)15;;/h3-6,10H,7,12H2,1-2H3,(H,14,15);2*1H. The fourth-order valence-electron chi connectivity index (χ4n) is 1.33. The van der Waals surface area contributed by atoms with E-state index in [4.69, 9.17) is 10.8 Å². The van der Waals surface area contributed by atoms with Crippen molar-refractivity contribution in [2.75, 3.05) is 19.0 Å². The summed E-state index contributed by atoms with van der Waals surface area (Å²) in [6, 6.07) is 7.15. The van der Waals surface area contributed by atoms with Crippen LogP contribution in [0.3, 0.4) is 0 Å². The van der Waals surface area contributed by atoms with E-state index in [0.29, 0.717) is 0 Å². The molecule has 3 N–H and O–H groups in total. The molecule has 1 aromatic rings. The lowest BCUT2D eigenvalue weighted by molar-refractivity contribution is -0.137. The molecule has 0 amide bonds. The van der Waals surface area contributed by atoms with Gasteiger partial charge in [-0.3, -0.25) is 4.79 Å². The highest BCUT2D eigenvalue weighted by molar-refractivity contribution is 5.85. The summed E-state index contributed by atoms with van der Waals surface area (Å²) in [5.41, 5.74) is 7.65. The first-order chi connectivity index (χ1) is 7.00. The van der Waals surface area contributed by atoms with Crippen molar-refractivity contribution in [1.82, 2.24) is 0 Å². The van der Waals surface area contributed by atoms with Crippen LogP contribution in [0.1, 0.15) is 18.0 Å². The number of hydrogen-bond donors (Lipinski definition) is 2. The average molecular weight is 281 g/mol. The highest BCUT2D eigenvalue weighted by Crippen LogP contribution is 2.18. The van der Waals surface area contributed by atoms with Gasteiger partial charge in [-0.25, -0.2) is 0 Å². The van der Waals surface area contributed by atoms with Crippen LogP contribution >= 0.6 is 24.8 Å². The molecule has 0 heterocycles. The van der Waals surface area contributed by atoms with Crippen molar-refractivity contribution in [3.63, 3.8) is 0 Å². The SMILES string of the molecule is CN(C)c1ccc(C(N)CC(=O)O)cc1.Cl.Cl. The third kappa shape index (κ3) is 5.77. The summed E-state index contributed by atoms with van der Waals surface area (Å²) >= 11 is 0. The van der Waals surface area contributed by atoms with Crippen molar-refractivity contribution in [3.05, 3.63) is 29.8 Å². The largest absolute Gasteiger partial charge is 0.481 e. The molecule has 0 aliphatic carbocycles. The summed E-state index contributed by atoms with van der Waals surface area (Å²) in [5, 5.41) is 8.60. The van der Waals surface area contributed by atoms with E-state index in [0.717, 1.165) is 11.3 Å². The summed E-state index contributed by atoms with van der Waals surface area (Å²) in [6.07, 6.45) is -0.0404. The minimum Gasteiger partial charge on any atom is -0.481 e. The molecule has 1 rings (SSSR count). The van der Waals surface area contributed by atoms with Gasteiger partial charge >= 0.3 is 5.97 Å². The first-order valence-corrected chi connectivity index (χ1v) is 4.75. The zero-order valence-electron chi connectivity index (χ0n) is 9.79. The summed E-state index contributed by atoms with van der Waals surface area (Å²) in [6.45, 7) is 0. The number of carboxylic acid groups (broad SMARTS) is 1. The van der Waals surface area contributed by atoms with Gasteiger partial charge in [0.1, 0.15) is 0 Å². The number of benzene rings is 1. The summed E-state index contributed by atoms with van der Waals surface area (Å²) in [7, 11) is 3.90. The smallest absolute Gasteiger partial charge is 0.305 e. The van der Waals surface area contributed by atoms with Crippen LogP contribution in [-0.2, 0) is 4.79 Å². The Balaban J connectivity index is 0. The topological polar surface area (TPSA) is 66.6 Å². The Morgan fingerprint density at radius 1 is 1.29 bits per heavy atom. The number of anilines is 1. The minimum absolute atomic E-state index is 0. The monoisotopic (exact) mass is 280 g/mol. The molecule has 6 heteroatoms. The number of hydrogen-bond acceptors (Lipinski definition) is 3. The van der Waals surface area contributed by atoms with Crippen molar-refractivity contribution < 1.29 is 9.90 Å². The molecule has 0 fully saturated rings. The van der Waals surface area contributed by atoms with Gasteiger partial charge in [0, 0.05) is 25.8 Å². The highest BCUT2D eigenvalue weighted by atomic mass is 35.5. The Hall–Kier alpha value is -0.970. The second kappa shape index (κ2) is 8.17. The molecule has 1 aromatic carbocycles. The molecule has 1 unspecified atom stereocenters. The second-order valence-corrected chi connectivity index (χ2v) is 3.69. The molecule has 98 valence electrons. The molecule has 4 nitrogen and oxygen atoms in total. The van der Waals surface area contributed by atoms with E-state index in [2.05, 4.69) is 0 Å². The van der Waals surface area contributed by atoms with Crippen molar-refractivity contribution in [2.24, 2.45) is 5.73 Å². The summed E-state index contributed by atoms with van der Waals surface area (Å²) in [4.78, 5) is 12.4. The molecule has 17 heavy (non-hydrogen) atoms. The third-order valence-corrected chi connectivity index (χ3v) is 2.23. The van der Waals surface area contributed by atoms with Crippen LogP contribution in [0, 0.1) is 0 Å². The van der Waals surface area contributed by atoms with E-state index in [9.17, 15) is 4.79 Å². The Bertz CT molecular complexity index is 342. The minimum atomic E-state index is -0.876. The van der Waals surface area contributed by atoms with Crippen molar-refractivity contribution in [2.45, 2.75) is 12.5 Å². The summed E-state index contributed by atoms with van der Waals surface area (Å²) in [5.74, 6) is -0.876. The Morgan fingerprint density at radius 3 is 2.12 bits per heavy atom.